The van der Waals surface area contributed by atoms with Crippen molar-refractivity contribution in [2.45, 2.75) is 12.8 Å². The van der Waals surface area contributed by atoms with E-state index in [0.29, 0.717) is 29.2 Å². The predicted molar refractivity (Wildman–Crippen MR) is 78.2 cm³/mol. The van der Waals surface area contributed by atoms with Crippen molar-refractivity contribution in [1.29, 1.82) is 0 Å². The number of aromatic nitrogens is 2. The quantitative estimate of drug-likeness (QED) is 0.686. The summed E-state index contributed by atoms with van der Waals surface area (Å²) in [5.74, 6) is 0.463. The number of nitrogens with zero attached hydrogens (tertiary/aromatic N) is 3. The Balaban J connectivity index is 1.90. The molecule has 3 heterocycles. The Labute approximate surface area is 121 Å². The van der Waals surface area contributed by atoms with Crippen LogP contribution in [0, 0.1) is 16.0 Å². The predicted octanol–water partition coefficient (Wildman–Crippen LogP) is 2.38. The van der Waals surface area contributed by atoms with Crippen LogP contribution in [0.25, 0.3) is 11.0 Å². The Kier molecular flexibility index (Phi) is 3.92. The first-order chi connectivity index (χ1) is 10.3. The SMILES string of the molecule is O=[N+]([O-])c1cnc2cccnc2c1NCC1CCOCC1. The number of anilines is 1. The van der Waals surface area contributed by atoms with E-state index in [-0.39, 0.29) is 5.69 Å². The molecule has 0 radical (unpaired) electrons. The summed E-state index contributed by atoms with van der Waals surface area (Å²) in [6.07, 6.45) is 4.85. The van der Waals surface area contributed by atoms with Gasteiger partial charge in [0.25, 0.3) is 0 Å². The van der Waals surface area contributed by atoms with E-state index in [2.05, 4.69) is 15.3 Å². The third-order valence-electron chi connectivity index (χ3n) is 3.71. The normalized spacial score (nSPS) is 16.0. The minimum Gasteiger partial charge on any atom is -0.381 e. The molecular formula is C14H16N4O3. The van der Waals surface area contributed by atoms with E-state index in [1.165, 1.54) is 6.20 Å². The maximum Gasteiger partial charge on any atom is 0.312 e. The van der Waals surface area contributed by atoms with Crippen molar-refractivity contribution in [2.75, 3.05) is 25.1 Å². The number of hydrogen-bond acceptors (Lipinski definition) is 6. The highest BCUT2D eigenvalue weighted by Crippen LogP contribution is 2.30. The first-order valence-corrected chi connectivity index (χ1v) is 6.95. The van der Waals surface area contributed by atoms with E-state index in [9.17, 15) is 10.1 Å². The lowest BCUT2D eigenvalue weighted by molar-refractivity contribution is -0.384. The summed E-state index contributed by atoms with van der Waals surface area (Å²) >= 11 is 0. The van der Waals surface area contributed by atoms with Gasteiger partial charge in [0.05, 0.1) is 10.4 Å². The van der Waals surface area contributed by atoms with Gasteiger partial charge in [-0.15, -0.1) is 0 Å². The Hall–Kier alpha value is -2.28. The van der Waals surface area contributed by atoms with Crippen LogP contribution in [0.1, 0.15) is 12.8 Å². The average Bonchev–Trinajstić information content (AvgIpc) is 2.53. The second-order valence-electron chi connectivity index (χ2n) is 5.08. The summed E-state index contributed by atoms with van der Waals surface area (Å²) in [5, 5.41) is 14.4. The van der Waals surface area contributed by atoms with Crippen molar-refractivity contribution in [3.63, 3.8) is 0 Å². The van der Waals surface area contributed by atoms with Gasteiger partial charge in [-0.25, -0.2) is 4.98 Å². The van der Waals surface area contributed by atoms with E-state index in [0.717, 1.165) is 26.1 Å². The first kappa shape index (κ1) is 13.7. The molecule has 1 aliphatic heterocycles. The van der Waals surface area contributed by atoms with Crippen molar-refractivity contribution in [3.05, 3.63) is 34.6 Å². The number of nitro groups is 1. The van der Waals surface area contributed by atoms with E-state index in [1.807, 2.05) is 0 Å². The monoisotopic (exact) mass is 288 g/mol. The number of nitrogens with one attached hydrogen (secondary N) is 1. The fourth-order valence-electron chi connectivity index (χ4n) is 2.52. The number of pyridine rings is 2. The van der Waals surface area contributed by atoms with E-state index in [4.69, 9.17) is 4.74 Å². The number of hydrogen-bond donors (Lipinski definition) is 1. The smallest absolute Gasteiger partial charge is 0.312 e. The van der Waals surface area contributed by atoms with Gasteiger partial charge in [-0.05, 0) is 30.9 Å². The van der Waals surface area contributed by atoms with Crippen LogP contribution in [0.2, 0.25) is 0 Å². The molecule has 1 N–H and O–H groups in total. The average molecular weight is 288 g/mol. The molecule has 7 heteroatoms. The summed E-state index contributed by atoms with van der Waals surface area (Å²) in [6.45, 7) is 2.19. The fraction of sp³-hybridized carbons (Fsp3) is 0.429. The Bertz CT molecular complexity index is 656. The van der Waals surface area contributed by atoms with Crippen LogP contribution in [0.3, 0.4) is 0 Å². The number of fused-ring (bicyclic) bond motifs is 1. The molecule has 0 aliphatic carbocycles. The molecular weight excluding hydrogens is 272 g/mol. The molecule has 0 unspecified atom stereocenters. The van der Waals surface area contributed by atoms with Crippen LogP contribution in [-0.4, -0.2) is 34.6 Å². The molecule has 0 saturated carbocycles. The van der Waals surface area contributed by atoms with Gasteiger partial charge in [-0.3, -0.25) is 15.1 Å². The molecule has 110 valence electrons. The van der Waals surface area contributed by atoms with Gasteiger partial charge in [0, 0.05) is 26.0 Å². The zero-order valence-electron chi connectivity index (χ0n) is 11.5. The van der Waals surface area contributed by atoms with Gasteiger partial charge in [-0.2, -0.15) is 0 Å². The van der Waals surface area contributed by atoms with Crippen molar-refractivity contribution < 1.29 is 9.66 Å². The molecule has 7 nitrogen and oxygen atoms in total. The van der Waals surface area contributed by atoms with Crippen LogP contribution >= 0.6 is 0 Å². The maximum atomic E-state index is 11.2. The summed E-state index contributed by atoms with van der Waals surface area (Å²) in [6, 6.07) is 3.56. The standard InChI is InChI=1S/C14H16N4O3/c19-18(20)12-9-16-11-2-1-5-15-13(11)14(12)17-8-10-3-6-21-7-4-10/h1-2,5,9-10H,3-4,6-8H2,(H,16,17). The zero-order chi connectivity index (χ0) is 14.7. The molecule has 3 rings (SSSR count). The first-order valence-electron chi connectivity index (χ1n) is 6.95. The van der Waals surface area contributed by atoms with Gasteiger partial charge in [-0.1, -0.05) is 0 Å². The van der Waals surface area contributed by atoms with Crippen LogP contribution in [0.5, 0.6) is 0 Å². The summed E-state index contributed by atoms with van der Waals surface area (Å²) in [5.41, 5.74) is 1.61. The second-order valence-corrected chi connectivity index (χ2v) is 5.08. The second kappa shape index (κ2) is 6.01. The van der Waals surface area contributed by atoms with Gasteiger partial charge < -0.3 is 10.1 Å². The summed E-state index contributed by atoms with van der Waals surface area (Å²) in [7, 11) is 0. The summed E-state index contributed by atoms with van der Waals surface area (Å²) < 4.78 is 5.33. The molecule has 21 heavy (non-hydrogen) atoms. The summed E-state index contributed by atoms with van der Waals surface area (Å²) in [4.78, 5) is 19.1. The lowest BCUT2D eigenvalue weighted by Crippen LogP contribution is -2.23. The minimum atomic E-state index is -0.423. The Morgan fingerprint density at radius 1 is 1.38 bits per heavy atom. The lowest BCUT2D eigenvalue weighted by atomic mass is 10.0. The lowest BCUT2D eigenvalue weighted by Gasteiger charge is -2.22. The molecule has 0 atom stereocenters. The van der Waals surface area contributed by atoms with Crippen LogP contribution < -0.4 is 5.32 Å². The van der Waals surface area contributed by atoms with E-state index >= 15 is 0 Å². The molecule has 1 fully saturated rings. The van der Waals surface area contributed by atoms with Gasteiger partial charge in [0.1, 0.15) is 17.4 Å². The fourth-order valence-corrected chi connectivity index (χ4v) is 2.52. The Morgan fingerprint density at radius 3 is 2.95 bits per heavy atom. The van der Waals surface area contributed by atoms with E-state index < -0.39 is 4.92 Å². The minimum absolute atomic E-state index is 0.0340. The zero-order valence-corrected chi connectivity index (χ0v) is 11.5. The molecule has 2 aromatic heterocycles. The molecule has 1 aliphatic rings. The molecule has 0 aromatic carbocycles. The third-order valence-corrected chi connectivity index (χ3v) is 3.71. The van der Waals surface area contributed by atoms with Gasteiger partial charge in [0.15, 0.2) is 0 Å². The van der Waals surface area contributed by atoms with Gasteiger partial charge in [0.2, 0.25) is 0 Å². The maximum absolute atomic E-state index is 11.2. The van der Waals surface area contributed by atoms with Crippen LogP contribution in [-0.2, 0) is 4.74 Å². The highest BCUT2D eigenvalue weighted by Gasteiger charge is 2.21. The molecule has 2 aromatic rings. The van der Waals surface area contributed by atoms with Gasteiger partial charge >= 0.3 is 5.69 Å². The van der Waals surface area contributed by atoms with Crippen molar-refractivity contribution >= 4 is 22.4 Å². The molecule has 0 bridgehead atoms. The Morgan fingerprint density at radius 2 is 2.19 bits per heavy atom. The number of ether oxygens (including phenoxy) is 1. The molecule has 0 amide bonds. The van der Waals surface area contributed by atoms with Crippen molar-refractivity contribution in [2.24, 2.45) is 5.92 Å². The van der Waals surface area contributed by atoms with Crippen LogP contribution in [0.15, 0.2) is 24.5 Å². The van der Waals surface area contributed by atoms with E-state index in [1.54, 1.807) is 18.3 Å². The number of rotatable bonds is 4. The highest BCUT2D eigenvalue weighted by molar-refractivity contribution is 5.92. The highest BCUT2D eigenvalue weighted by atomic mass is 16.6. The largest absolute Gasteiger partial charge is 0.381 e. The topological polar surface area (TPSA) is 90.2 Å². The molecule has 0 spiro atoms. The van der Waals surface area contributed by atoms with Crippen molar-refractivity contribution in [3.8, 4) is 0 Å². The third kappa shape index (κ3) is 2.92. The molecule has 1 saturated heterocycles. The van der Waals surface area contributed by atoms with Crippen LogP contribution in [0.4, 0.5) is 11.4 Å². The van der Waals surface area contributed by atoms with Crippen molar-refractivity contribution in [1.82, 2.24) is 9.97 Å².